The number of carbonyl (C=O) groups excluding carboxylic acids is 1. The maximum absolute atomic E-state index is 14.1. The molecule has 2 aliphatic rings. The minimum atomic E-state index is -0.121. The zero-order valence-corrected chi connectivity index (χ0v) is 15.3. The molecule has 0 spiro atoms. The summed E-state index contributed by atoms with van der Waals surface area (Å²) in [6.07, 6.45) is 3.96. The van der Waals surface area contributed by atoms with Crippen LogP contribution in [0.2, 0.25) is 0 Å². The third kappa shape index (κ3) is 4.39. The lowest BCUT2D eigenvalue weighted by Crippen LogP contribution is -2.52. The van der Waals surface area contributed by atoms with Crippen molar-refractivity contribution >= 4 is 5.91 Å². The Morgan fingerprint density at radius 3 is 2.56 bits per heavy atom. The van der Waals surface area contributed by atoms with Crippen molar-refractivity contribution in [3.63, 3.8) is 0 Å². The molecule has 0 bridgehead atoms. The largest absolute Gasteiger partial charge is 0.381 e. The van der Waals surface area contributed by atoms with Crippen molar-refractivity contribution in [1.82, 2.24) is 9.80 Å². The zero-order valence-electron chi connectivity index (χ0n) is 15.3. The van der Waals surface area contributed by atoms with E-state index >= 15 is 0 Å². The number of methoxy groups -OCH3 is 1. The molecule has 2 fully saturated rings. The third-order valence-corrected chi connectivity index (χ3v) is 5.86. The van der Waals surface area contributed by atoms with Crippen LogP contribution in [0.15, 0.2) is 24.3 Å². The van der Waals surface area contributed by atoms with Crippen LogP contribution in [0.25, 0.3) is 0 Å². The summed E-state index contributed by atoms with van der Waals surface area (Å²) < 4.78 is 19.8. The molecular weight excluding hydrogens is 319 g/mol. The van der Waals surface area contributed by atoms with Gasteiger partial charge in [0.25, 0.3) is 0 Å². The number of likely N-dealkylation sites (tertiary alicyclic amines) is 2. The van der Waals surface area contributed by atoms with E-state index in [1.54, 1.807) is 20.1 Å². The van der Waals surface area contributed by atoms with Crippen LogP contribution in [0.1, 0.15) is 31.7 Å². The highest BCUT2D eigenvalue weighted by Gasteiger charge is 2.34. The molecule has 2 atom stereocenters. The molecule has 1 amide bonds. The summed E-state index contributed by atoms with van der Waals surface area (Å²) in [6.45, 7) is 5.31. The lowest BCUT2D eigenvalue weighted by Gasteiger charge is -2.44. The van der Waals surface area contributed by atoms with E-state index < -0.39 is 0 Å². The van der Waals surface area contributed by atoms with Gasteiger partial charge in [-0.1, -0.05) is 18.2 Å². The van der Waals surface area contributed by atoms with Gasteiger partial charge in [-0.25, -0.2) is 4.39 Å². The Bertz CT molecular complexity index is 587. The number of benzene rings is 1. The molecular formula is C20H29FN2O2. The fourth-order valence-electron chi connectivity index (χ4n) is 4.37. The van der Waals surface area contributed by atoms with Crippen molar-refractivity contribution in [3.05, 3.63) is 35.6 Å². The summed E-state index contributed by atoms with van der Waals surface area (Å²) in [5.74, 6) is 0.361. The summed E-state index contributed by atoms with van der Waals surface area (Å²) in [6, 6.07) is 7.58. The molecule has 0 saturated carbocycles. The smallest absolute Gasteiger partial charge is 0.219 e. The van der Waals surface area contributed by atoms with Crippen molar-refractivity contribution < 1.29 is 13.9 Å². The predicted octanol–water partition coefficient (Wildman–Crippen LogP) is 2.72. The number of piperidine rings is 2. The Kier molecular flexibility index (Phi) is 6.07. The minimum Gasteiger partial charge on any atom is -0.381 e. The van der Waals surface area contributed by atoms with Crippen LogP contribution in [-0.4, -0.2) is 61.1 Å². The molecule has 1 aromatic rings. The fraction of sp³-hybridized carbons (Fsp3) is 0.650. The van der Waals surface area contributed by atoms with Crippen molar-refractivity contribution in [2.24, 2.45) is 5.92 Å². The highest BCUT2D eigenvalue weighted by molar-refractivity contribution is 5.73. The predicted molar refractivity (Wildman–Crippen MR) is 95.9 cm³/mol. The molecule has 5 heteroatoms. The molecule has 0 radical (unpaired) electrons. The summed E-state index contributed by atoms with van der Waals surface area (Å²) in [5.41, 5.74) is 0.780. The fourth-order valence-corrected chi connectivity index (χ4v) is 4.37. The minimum absolute atomic E-state index is 0.121. The third-order valence-electron chi connectivity index (χ3n) is 5.86. The first kappa shape index (κ1) is 18.3. The molecule has 1 aromatic carbocycles. The quantitative estimate of drug-likeness (QED) is 0.839. The molecule has 2 heterocycles. The van der Waals surface area contributed by atoms with Crippen LogP contribution >= 0.6 is 0 Å². The van der Waals surface area contributed by atoms with Crippen LogP contribution in [0, 0.1) is 11.7 Å². The number of hydrogen-bond acceptors (Lipinski definition) is 3. The van der Waals surface area contributed by atoms with Gasteiger partial charge in [0.15, 0.2) is 0 Å². The Hall–Kier alpha value is -1.46. The number of nitrogens with zero attached hydrogens (tertiary/aromatic N) is 2. The topological polar surface area (TPSA) is 32.8 Å². The Morgan fingerprint density at radius 2 is 1.92 bits per heavy atom. The van der Waals surface area contributed by atoms with Gasteiger partial charge in [-0.2, -0.15) is 0 Å². The lowest BCUT2D eigenvalue weighted by molar-refractivity contribution is -0.130. The zero-order chi connectivity index (χ0) is 17.8. The Labute approximate surface area is 149 Å². The van der Waals surface area contributed by atoms with Crippen LogP contribution in [0.3, 0.4) is 0 Å². The van der Waals surface area contributed by atoms with Crippen molar-refractivity contribution in [3.8, 4) is 0 Å². The number of carbonyl (C=O) groups is 1. The summed E-state index contributed by atoms with van der Waals surface area (Å²) in [4.78, 5) is 16.0. The van der Waals surface area contributed by atoms with Gasteiger partial charge in [-0.15, -0.1) is 0 Å². The van der Waals surface area contributed by atoms with E-state index in [2.05, 4.69) is 4.90 Å². The lowest BCUT2D eigenvalue weighted by atomic mass is 9.86. The van der Waals surface area contributed by atoms with Gasteiger partial charge in [-0.05, 0) is 37.3 Å². The van der Waals surface area contributed by atoms with Gasteiger partial charge in [0.1, 0.15) is 5.82 Å². The average Bonchev–Trinajstić information content (AvgIpc) is 2.63. The van der Waals surface area contributed by atoms with Crippen LogP contribution < -0.4 is 0 Å². The van der Waals surface area contributed by atoms with E-state index in [4.69, 9.17) is 4.74 Å². The second-order valence-corrected chi connectivity index (χ2v) is 7.35. The Balaban J connectivity index is 1.62. The molecule has 4 nitrogen and oxygen atoms in total. The van der Waals surface area contributed by atoms with Crippen LogP contribution in [0.5, 0.6) is 0 Å². The monoisotopic (exact) mass is 348 g/mol. The molecule has 138 valence electrons. The van der Waals surface area contributed by atoms with E-state index in [0.29, 0.717) is 18.4 Å². The van der Waals surface area contributed by atoms with Gasteiger partial charge in [0, 0.05) is 52.2 Å². The molecule has 2 aliphatic heterocycles. The first-order valence-electron chi connectivity index (χ1n) is 9.34. The summed E-state index contributed by atoms with van der Waals surface area (Å²) >= 11 is 0. The van der Waals surface area contributed by atoms with E-state index in [1.165, 1.54) is 6.07 Å². The van der Waals surface area contributed by atoms with Crippen molar-refractivity contribution in [2.75, 3.05) is 33.3 Å². The summed E-state index contributed by atoms with van der Waals surface area (Å²) in [7, 11) is 1.76. The van der Waals surface area contributed by atoms with E-state index in [1.807, 2.05) is 17.0 Å². The van der Waals surface area contributed by atoms with E-state index in [9.17, 15) is 9.18 Å². The van der Waals surface area contributed by atoms with E-state index in [-0.39, 0.29) is 17.8 Å². The molecule has 0 unspecified atom stereocenters. The van der Waals surface area contributed by atoms with Gasteiger partial charge < -0.3 is 9.64 Å². The van der Waals surface area contributed by atoms with Gasteiger partial charge >= 0.3 is 0 Å². The normalized spacial score (nSPS) is 26.0. The Morgan fingerprint density at radius 1 is 1.20 bits per heavy atom. The maximum atomic E-state index is 14.1. The SMILES string of the molecule is CO[C@@H]1CCN(C2CCN(C(C)=O)CC2)C[C@H]1Cc1ccccc1F. The first-order chi connectivity index (χ1) is 12.1. The van der Waals surface area contributed by atoms with Gasteiger partial charge in [0.2, 0.25) is 5.91 Å². The van der Waals surface area contributed by atoms with Crippen molar-refractivity contribution in [1.29, 1.82) is 0 Å². The van der Waals surface area contributed by atoms with Gasteiger partial charge in [0.05, 0.1) is 6.10 Å². The maximum Gasteiger partial charge on any atom is 0.219 e. The molecule has 3 rings (SSSR count). The number of halogens is 1. The molecule has 0 aliphatic carbocycles. The standard InChI is InChI=1S/C20H29FN2O2/c1-15(24)22-10-7-18(8-11-22)23-12-9-20(25-2)17(14-23)13-16-5-3-4-6-19(16)21/h3-6,17-18,20H,7-14H2,1-2H3/t17-,20-/m1/s1. The molecule has 25 heavy (non-hydrogen) atoms. The van der Waals surface area contributed by atoms with Crippen LogP contribution in [0.4, 0.5) is 4.39 Å². The number of rotatable bonds is 4. The van der Waals surface area contributed by atoms with Gasteiger partial charge in [-0.3, -0.25) is 9.69 Å². The molecule has 0 N–H and O–H groups in total. The number of ether oxygens (including phenoxy) is 1. The molecule has 0 aromatic heterocycles. The second-order valence-electron chi connectivity index (χ2n) is 7.35. The first-order valence-corrected chi connectivity index (χ1v) is 9.34. The highest BCUT2D eigenvalue weighted by atomic mass is 19.1. The highest BCUT2D eigenvalue weighted by Crippen LogP contribution is 2.28. The average molecular weight is 348 g/mol. The van der Waals surface area contributed by atoms with E-state index in [0.717, 1.165) is 51.0 Å². The molecule has 2 saturated heterocycles. The summed E-state index contributed by atoms with van der Waals surface area (Å²) in [5, 5.41) is 0. The number of amides is 1. The number of hydrogen-bond donors (Lipinski definition) is 0. The van der Waals surface area contributed by atoms with Crippen LogP contribution in [-0.2, 0) is 16.0 Å². The van der Waals surface area contributed by atoms with Crippen molar-refractivity contribution in [2.45, 2.75) is 44.8 Å². The second kappa shape index (κ2) is 8.28.